The summed E-state index contributed by atoms with van der Waals surface area (Å²) in [7, 11) is 0. The second-order valence-corrected chi connectivity index (χ2v) is 14.4. The summed E-state index contributed by atoms with van der Waals surface area (Å²) in [6, 6.07) is 15.9. The van der Waals surface area contributed by atoms with Gasteiger partial charge in [-0.15, -0.1) is 23.2 Å². The van der Waals surface area contributed by atoms with E-state index in [1.807, 2.05) is 0 Å². The van der Waals surface area contributed by atoms with E-state index >= 15 is 0 Å². The maximum Gasteiger partial charge on any atom is 0.258 e. The maximum absolute atomic E-state index is 14.4. The Morgan fingerprint density at radius 2 is 1.59 bits per heavy atom. The molecular weight excluding hydrogens is 702 g/mol. The zero-order valence-electron chi connectivity index (χ0n) is 24.0. The number of alkyl halides is 2. The minimum atomic E-state index is -2.14. The number of carbonyl (C=O) groups excluding carboxylic acids is 4. The lowest BCUT2D eigenvalue weighted by Crippen LogP contribution is -2.60. The Labute approximate surface area is 281 Å². The molecule has 8 nitrogen and oxygen atoms in total. The van der Waals surface area contributed by atoms with Crippen LogP contribution in [0.5, 0.6) is 11.5 Å². The summed E-state index contributed by atoms with van der Waals surface area (Å²) in [4.78, 5) is 54.3. The number of phenolic OH excluding ortho intramolecular Hbond substituents is 2. The van der Waals surface area contributed by atoms with Crippen LogP contribution >= 0.6 is 39.1 Å². The molecule has 2 N–H and O–H groups in total. The van der Waals surface area contributed by atoms with Gasteiger partial charge in [0, 0.05) is 22.5 Å². The van der Waals surface area contributed by atoms with Gasteiger partial charge in [-0.25, -0.2) is 9.29 Å². The molecule has 0 spiro atoms. The van der Waals surface area contributed by atoms with Crippen LogP contribution < -0.4 is 4.90 Å². The van der Waals surface area contributed by atoms with E-state index in [0.29, 0.717) is 16.5 Å². The number of halogens is 4. The molecule has 6 unspecified atom stereocenters. The Morgan fingerprint density at radius 3 is 2.28 bits per heavy atom. The number of likely N-dealkylation sites (tertiary alicyclic amines) is 1. The van der Waals surface area contributed by atoms with Gasteiger partial charge in [-0.3, -0.25) is 24.1 Å². The van der Waals surface area contributed by atoms with Crippen molar-refractivity contribution in [1.82, 2.24) is 4.90 Å². The van der Waals surface area contributed by atoms with Crippen molar-refractivity contribution in [3.8, 4) is 11.5 Å². The molecule has 12 heteroatoms. The Balaban J connectivity index is 1.33. The Hall–Kier alpha value is -3.73. The summed E-state index contributed by atoms with van der Waals surface area (Å²) in [5, 5.41) is 20.7. The molecule has 2 aliphatic heterocycles. The van der Waals surface area contributed by atoms with Gasteiger partial charge in [-0.2, -0.15) is 0 Å². The summed E-state index contributed by atoms with van der Waals surface area (Å²) in [5.74, 6) is -6.56. The first-order valence-corrected chi connectivity index (χ1v) is 16.3. The molecular formula is C34H26BrCl2FN2O6. The molecule has 2 aliphatic carbocycles. The highest BCUT2D eigenvalue weighted by Gasteiger charge is 2.76. The molecule has 0 aromatic heterocycles. The van der Waals surface area contributed by atoms with Crippen LogP contribution in [0.2, 0.25) is 0 Å². The highest BCUT2D eigenvalue weighted by Crippen LogP contribution is 2.66. The average Bonchev–Trinajstić information content (AvgIpc) is 3.36. The van der Waals surface area contributed by atoms with Crippen molar-refractivity contribution < 1.29 is 33.8 Å². The lowest BCUT2D eigenvalue weighted by Gasteiger charge is -2.50. The molecule has 4 amide bonds. The highest BCUT2D eigenvalue weighted by atomic mass is 79.9. The minimum Gasteiger partial charge on any atom is -0.508 e. The number of aromatic hydroxyl groups is 2. The largest absolute Gasteiger partial charge is 0.508 e. The third-order valence-corrected chi connectivity index (χ3v) is 11.8. The van der Waals surface area contributed by atoms with Crippen LogP contribution in [0.25, 0.3) is 0 Å². The number of amides is 4. The van der Waals surface area contributed by atoms with Crippen LogP contribution in [0.3, 0.4) is 0 Å². The number of hydrogen-bond acceptors (Lipinski definition) is 6. The molecule has 46 heavy (non-hydrogen) atoms. The van der Waals surface area contributed by atoms with E-state index in [-0.39, 0.29) is 48.0 Å². The van der Waals surface area contributed by atoms with Gasteiger partial charge in [-0.05, 0) is 85.3 Å². The first-order chi connectivity index (χ1) is 21.9. The normalized spacial score (nSPS) is 30.3. The van der Waals surface area contributed by atoms with Gasteiger partial charge in [0.05, 0.1) is 17.5 Å². The van der Waals surface area contributed by atoms with Gasteiger partial charge in [-0.1, -0.05) is 39.7 Å². The van der Waals surface area contributed by atoms with Gasteiger partial charge < -0.3 is 10.2 Å². The predicted octanol–water partition coefficient (Wildman–Crippen LogP) is 5.81. The van der Waals surface area contributed by atoms with Crippen LogP contribution in [0.4, 0.5) is 10.1 Å². The van der Waals surface area contributed by atoms with Gasteiger partial charge >= 0.3 is 0 Å². The van der Waals surface area contributed by atoms with Crippen molar-refractivity contribution in [2.24, 2.45) is 17.8 Å². The third-order valence-electron chi connectivity index (χ3n) is 9.85. The second kappa shape index (κ2) is 10.9. The fraction of sp³-hybridized carbons (Fsp3) is 0.294. The minimum absolute atomic E-state index is 0.0745. The monoisotopic (exact) mass is 726 g/mol. The number of phenols is 2. The molecule has 1 saturated carbocycles. The molecule has 6 atom stereocenters. The van der Waals surface area contributed by atoms with Crippen molar-refractivity contribution in [2.75, 3.05) is 11.4 Å². The van der Waals surface area contributed by atoms with E-state index in [1.54, 1.807) is 30.3 Å². The van der Waals surface area contributed by atoms with E-state index in [1.165, 1.54) is 35.2 Å². The summed E-state index contributed by atoms with van der Waals surface area (Å²) < 4.78 is 14.4. The number of allylic oxidation sites excluding steroid dienone is 2. The quantitative estimate of drug-likeness (QED) is 0.195. The molecule has 0 radical (unpaired) electrons. The van der Waals surface area contributed by atoms with Crippen molar-refractivity contribution in [1.29, 1.82) is 0 Å². The molecule has 3 aromatic rings. The average molecular weight is 728 g/mol. The topological polar surface area (TPSA) is 115 Å². The van der Waals surface area contributed by atoms with Crippen LogP contribution in [-0.4, -0.2) is 55.0 Å². The highest BCUT2D eigenvalue weighted by molar-refractivity contribution is 9.10. The van der Waals surface area contributed by atoms with E-state index < -0.39 is 57.0 Å². The Bertz CT molecular complexity index is 1850. The number of nitrogens with zero attached hydrogens (tertiary/aromatic N) is 2. The van der Waals surface area contributed by atoms with Crippen LogP contribution in [0, 0.1) is 23.6 Å². The lowest BCUT2D eigenvalue weighted by molar-refractivity contribution is -0.140. The SMILES string of the molecule is O=C1C2CC=C3C(CC4(Cl)C(=O)N(c5ccc(F)cc5)C(=O)C4(Cl)C3c3cc(Br)ccc3O)C2C(=O)N1CCc1ccc(O)cc1. The first kappa shape index (κ1) is 30.9. The molecule has 4 aliphatic rings. The number of rotatable bonds is 5. The first-order valence-electron chi connectivity index (χ1n) is 14.7. The summed E-state index contributed by atoms with van der Waals surface area (Å²) >= 11 is 18.1. The van der Waals surface area contributed by atoms with E-state index in [4.69, 9.17) is 23.2 Å². The number of carbonyl (C=O) groups is 4. The van der Waals surface area contributed by atoms with E-state index in [0.717, 1.165) is 22.6 Å². The molecule has 236 valence electrons. The van der Waals surface area contributed by atoms with Crippen LogP contribution in [-0.2, 0) is 25.6 Å². The lowest BCUT2D eigenvalue weighted by atomic mass is 9.56. The molecule has 7 rings (SSSR count). The van der Waals surface area contributed by atoms with E-state index in [9.17, 15) is 33.8 Å². The molecule has 0 bridgehead atoms. The predicted molar refractivity (Wildman–Crippen MR) is 171 cm³/mol. The van der Waals surface area contributed by atoms with Crippen LogP contribution in [0.1, 0.15) is 29.9 Å². The number of hydrogen-bond donors (Lipinski definition) is 2. The number of fused-ring (bicyclic) bond motifs is 4. The second-order valence-electron chi connectivity index (χ2n) is 12.2. The summed E-state index contributed by atoms with van der Waals surface area (Å²) in [6.45, 7) is 0.120. The smallest absolute Gasteiger partial charge is 0.258 e. The zero-order valence-corrected chi connectivity index (χ0v) is 27.1. The van der Waals surface area contributed by atoms with Crippen LogP contribution in [0.15, 0.2) is 82.9 Å². The van der Waals surface area contributed by atoms with Gasteiger partial charge in [0.25, 0.3) is 11.8 Å². The molecule has 2 heterocycles. The molecule has 2 saturated heterocycles. The van der Waals surface area contributed by atoms with Gasteiger partial charge in [0.1, 0.15) is 17.3 Å². The number of benzene rings is 3. The molecule has 3 aromatic carbocycles. The number of imide groups is 2. The van der Waals surface area contributed by atoms with Gasteiger partial charge in [0.15, 0.2) is 9.75 Å². The third kappa shape index (κ3) is 4.37. The summed E-state index contributed by atoms with van der Waals surface area (Å²) in [5.41, 5.74) is 1.68. The van der Waals surface area contributed by atoms with Crippen molar-refractivity contribution in [3.05, 3.63) is 99.8 Å². The fourth-order valence-electron chi connectivity index (χ4n) is 7.69. The van der Waals surface area contributed by atoms with E-state index in [2.05, 4.69) is 15.9 Å². The maximum atomic E-state index is 14.4. The van der Waals surface area contributed by atoms with Crippen molar-refractivity contribution in [2.45, 2.75) is 34.9 Å². The standard InChI is InChI=1S/C34H26BrCl2FN2O6/c35-18-3-12-26(42)24(15-18)28-22-10-11-23-27(30(44)39(29(23)43)14-13-17-1-8-21(41)9-2-17)25(22)16-33(36)31(45)40(32(46)34(28,33)37)20-6-4-19(38)5-7-20/h1-10,12,15,23,25,27-28,41-42H,11,13-14,16H2. The Kier molecular flexibility index (Phi) is 7.34. The summed E-state index contributed by atoms with van der Waals surface area (Å²) in [6.07, 6.45) is 2.14. The fourth-order valence-corrected chi connectivity index (χ4v) is 9.00. The number of anilines is 1. The van der Waals surface area contributed by atoms with Gasteiger partial charge in [0.2, 0.25) is 11.8 Å². The zero-order chi connectivity index (χ0) is 32.7. The Morgan fingerprint density at radius 1 is 0.891 bits per heavy atom. The van der Waals surface area contributed by atoms with Crippen molar-refractivity contribution in [3.63, 3.8) is 0 Å². The molecule has 3 fully saturated rings. The van der Waals surface area contributed by atoms with Crippen molar-refractivity contribution >= 4 is 68.4 Å².